The molecule has 1 N–H and O–H groups in total. The summed E-state index contributed by atoms with van der Waals surface area (Å²) in [5.41, 5.74) is 2.48. The van der Waals surface area contributed by atoms with E-state index in [0.29, 0.717) is 17.8 Å². The van der Waals surface area contributed by atoms with E-state index in [-0.39, 0.29) is 0 Å². The molecule has 0 aliphatic rings. The van der Waals surface area contributed by atoms with E-state index in [2.05, 4.69) is 56.2 Å². The average molecular weight is 284 g/mol. The van der Waals surface area contributed by atoms with E-state index in [0.717, 1.165) is 12.3 Å². The summed E-state index contributed by atoms with van der Waals surface area (Å²) in [7, 11) is 0. The molecule has 0 bridgehead atoms. The quantitative estimate of drug-likeness (QED) is 0.837. The fourth-order valence-electron chi connectivity index (χ4n) is 2.17. The van der Waals surface area contributed by atoms with Gasteiger partial charge in [0.2, 0.25) is 5.88 Å². The smallest absolute Gasteiger partial charge is 0.219 e. The van der Waals surface area contributed by atoms with Crippen LogP contribution in [0.25, 0.3) is 0 Å². The van der Waals surface area contributed by atoms with Gasteiger partial charge in [-0.05, 0) is 42.6 Å². The Hall–Kier alpha value is -1.87. The fraction of sp³-hybridized carbons (Fsp3) is 0.389. The van der Waals surface area contributed by atoms with Crippen LogP contribution in [0.1, 0.15) is 50.8 Å². The molecule has 0 aliphatic heterocycles. The summed E-state index contributed by atoms with van der Waals surface area (Å²) in [5, 5.41) is 3.37. The first-order valence-electron chi connectivity index (χ1n) is 7.57. The molecule has 0 saturated carbocycles. The van der Waals surface area contributed by atoms with Crippen LogP contribution in [0.15, 0.2) is 42.6 Å². The second kappa shape index (κ2) is 7.23. The minimum absolute atomic E-state index is 0.307. The number of nitrogens with zero attached hydrogens (tertiary/aromatic N) is 1. The highest BCUT2D eigenvalue weighted by molar-refractivity contribution is 5.32. The molecule has 3 heteroatoms. The number of rotatable bonds is 6. The second-order valence-corrected chi connectivity index (χ2v) is 5.53. The summed E-state index contributed by atoms with van der Waals surface area (Å²) in [4.78, 5) is 4.37. The molecule has 1 atom stereocenters. The van der Waals surface area contributed by atoms with Crippen molar-refractivity contribution in [1.29, 1.82) is 0 Å². The fourth-order valence-corrected chi connectivity index (χ4v) is 2.17. The molecule has 2 aromatic rings. The van der Waals surface area contributed by atoms with Crippen LogP contribution in [0.2, 0.25) is 0 Å². The number of ether oxygens (including phenoxy) is 1. The number of hydrogen-bond donors (Lipinski definition) is 1. The third-order valence-corrected chi connectivity index (χ3v) is 3.54. The Balaban J connectivity index is 2.02. The number of nitrogens with one attached hydrogen (secondary N) is 1. The van der Waals surface area contributed by atoms with Crippen molar-refractivity contribution in [2.24, 2.45) is 0 Å². The van der Waals surface area contributed by atoms with Gasteiger partial charge in [0.05, 0.1) is 0 Å². The standard InChI is InChI=1S/C18H24N2O/c1-5-19-14(4)16-8-11-18(20-12-16)21-17-9-6-15(7-10-17)13(2)3/h6-14,19H,5H2,1-4H3. The molecule has 0 fully saturated rings. The van der Waals surface area contributed by atoms with Gasteiger partial charge in [0.25, 0.3) is 0 Å². The number of pyridine rings is 1. The summed E-state index contributed by atoms with van der Waals surface area (Å²) < 4.78 is 5.78. The zero-order valence-electron chi connectivity index (χ0n) is 13.3. The Morgan fingerprint density at radius 3 is 2.19 bits per heavy atom. The molecule has 0 aliphatic carbocycles. The molecule has 21 heavy (non-hydrogen) atoms. The van der Waals surface area contributed by atoms with Crippen molar-refractivity contribution in [3.8, 4) is 11.6 Å². The molecular formula is C18H24N2O. The van der Waals surface area contributed by atoms with Gasteiger partial charge in [-0.2, -0.15) is 0 Å². The van der Waals surface area contributed by atoms with Crippen LogP contribution >= 0.6 is 0 Å². The predicted octanol–water partition coefficient (Wildman–Crippen LogP) is 4.67. The van der Waals surface area contributed by atoms with Gasteiger partial charge in [0.1, 0.15) is 5.75 Å². The van der Waals surface area contributed by atoms with Gasteiger partial charge < -0.3 is 10.1 Å². The molecule has 1 unspecified atom stereocenters. The molecule has 0 saturated heterocycles. The van der Waals surface area contributed by atoms with Crippen molar-refractivity contribution < 1.29 is 4.74 Å². The van der Waals surface area contributed by atoms with E-state index in [1.807, 2.05) is 24.4 Å². The van der Waals surface area contributed by atoms with E-state index in [4.69, 9.17) is 4.74 Å². The summed E-state index contributed by atoms with van der Waals surface area (Å²) >= 11 is 0. The van der Waals surface area contributed by atoms with Crippen LogP contribution < -0.4 is 10.1 Å². The Bertz CT molecular complexity index is 546. The maximum atomic E-state index is 5.78. The van der Waals surface area contributed by atoms with Crippen molar-refractivity contribution >= 4 is 0 Å². The first kappa shape index (κ1) is 15.5. The van der Waals surface area contributed by atoms with Gasteiger partial charge in [0.15, 0.2) is 0 Å². The first-order valence-corrected chi connectivity index (χ1v) is 7.57. The Morgan fingerprint density at radius 1 is 1.00 bits per heavy atom. The monoisotopic (exact) mass is 284 g/mol. The highest BCUT2D eigenvalue weighted by Crippen LogP contribution is 2.23. The molecular weight excluding hydrogens is 260 g/mol. The number of hydrogen-bond acceptors (Lipinski definition) is 3. The molecule has 3 nitrogen and oxygen atoms in total. The molecule has 0 radical (unpaired) electrons. The molecule has 112 valence electrons. The summed E-state index contributed by atoms with van der Waals surface area (Å²) in [6, 6.07) is 12.5. The molecule has 0 amide bonds. The predicted molar refractivity (Wildman–Crippen MR) is 86.9 cm³/mol. The molecule has 1 aromatic heterocycles. The largest absolute Gasteiger partial charge is 0.439 e. The van der Waals surface area contributed by atoms with E-state index in [1.165, 1.54) is 11.1 Å². The van der Waals surface area contributed by atoms with Crippen molar-refractivity contribution in [2.75, 3.05) is 6.54 Å². The van der Waals surface area contributed by atoms with Gasteiger partial charge in [-0.15, -0.1) is 0 Å². The van der Waals surface area contributed by atoms with Crippen molar-refractivity contribution in [3.63, 3.8) is 0 Å². The van der Waals surface area contributed by atoms with Crippen LogP contribution in [0, 0.1) is 0 Å². The molecule has 1 aromatic carbocycles. The maximum Gasteiger partial charge on any atom is 0.219 e. The number of benzene rings is 1. The van der Waals surface area contributed by atoms with Gasteiger partial charge in [-0.25, -0.2) is 4.98 Å². The van der Waals surface area contributed by atoms with Gasteiger partial charge >= 0.3 is 0 Å². The molecule has 0 spiro atoms. The van der Waals surface area contributed by atoms with Crippen LogP contribution in [-0.4, -0.2) is 11.5 Å². The van der Waals surface area contributed by atoms with Crippen LogP contribution in [-0.2, 0) is 0 Å². The van der Waals surface area contributed by atoms with E-state index < -0.39 is 0 Å². The summed E-state index contributed by atoms with van der Waals surface area (Å²) in [5.74, 6) is 1.98. The Morgan fingerprint density at radius 2 is 1.67 bits per heavy atom. The van der Waals surface area contributed by atoms with E-state index >= 15 is 0 Å². The highest BCUT2D eigenvalue weighted by Gasteiger charge is 2.05. The zero-order valence-corrected chi connectivity index (χ0v) is 13.3. The van der Waals surface area contributed by atoms with Gasteiger partial charge in [0, 0.05) is 18.3 Å². The van der Waals surface area contributed by atoms with Crippen molar-refractivity contribution in [3.05, 3.63) is 53.7 Å². The lowest BCUT2D eigenvalue weighted by Gasteiger charge is -2.13. The lowest BCUT2D eigenvalue weighted by Crippen LogP contribution is -2.17. The maximum absolute atomic E-state index is 5.78. The third-order valence-electron chi connectivity index (χ3n) is 3.54. The van der Waals surface area contributed by atoms with E-state index in [9.17, 15) is 0 Å². The topological polar surface area (TPSA) is 34.1 Å². The van der Waals surface area contributed by atoms with Gasteiger partial charge in [-0.3, -0.25) is 0 Å². The van der Waals surface area contributed by atoms with Crippen LogP contribution in [0.3, 0.4) is 0 Å². The van der Waals surface area contributed by atoms with Crippen molar-refractivity contribution in [2.45, 2.75) is 39.7 Å². The normalized spacial score (nSPS) is 12.4. The van der Waals surface area contributed by atoms with Crippen LogP contribution in [0.4, 0.5) is 0 Å². The summed E-state index contributed by atoms with van der Waals surface area (Å²) in [6.45, 7) is 9.54. The zero-order chi connectivity index (χ0) is 15.2. The first-order chi connectivity index (χ1) is 10.1. The third kappa shape index (κ3) is 4.30. The lowest BCUT2D eigenvalue weighted by atomic mass is 10.0. The second-order valence-electron chi connectivity index (χ2n) is 5.53. The molecule has 2 rings (SSSR count). The SMILES string of the molecule is CCNC(C)c1ccc(Oc2ccc(C(C)C)cc2)nc1. The van der Waals surface area contributed by atoms with Crippen LogP contribution in [0.5, 0.6) is 11.6 Å². The minimum atomic E-state index is 0.307. The lowest BCUT2D eigenvalue weighted by molar-refractivity contribution is 0.461. The summed E-state index contributed by atoms with van der Waals surface area (Å²) in [6.07, 6.45) is 1.87. The Kier molecular flexibility index (Phi) is 5.34. The average Bonchev–Trinajstić information content (AvgIpc) is 2.49. The Labute approximate surface area is 127 Å². The van der Waals surface area contributed by atoms with Gasteiger partial charge in [-0.1, -0.05) is 39.0 Å². The van der Waals surface area contributed by atoms with E-state index in [1.54, 1.807) is 0 Å². The number of aromatic nitrogens is 1. The highest BCUT2D eigenvalue weighted by atomic mass is 16.5. The molecule has 1 heterocycles. The minimum Gasteiger partial charge on any atom is -0.439 e. The van der Waals surface area contributed by atoms with Crippen molar-refractivity contribution in [1.82, 2.24) is 10.3 Å².